The summed E-state index contributed by atoms with van der Waals surface area (Å²) in [6.45, 7) is 1.98. The lowest BCUT2D eigenvalue weighted by Crippen LogP contribution is -2.41. The van der Waals surface area contributed by atoms with Crippen molar-refractivity contribution in [2.75, 3.05) is 32.1 Å². The van der Waals surface area contributed by atoms with Gasteiger partial charge in [-0.1, -0.05) is 30.3 Å². The molecule has 0 aromatic heterocycles. The van der Waals surface area contributed by atoms with E-state index in [1.165, 1.54) is 11.1 Å². The number of fused-ring (bicyclic) bond motifs is 1. The molecular formula is C20H24N2O2. The van der Waals surface area contributed by atoms with Crippen molar-refractivity contribution in [1.29, 1.82) is 0 Å². The Bertz CT molecular complexity index is 700. The van der Waals surface area contributed by atoms with Crippen LogP contribution in [0.5, 0.6) is 5.75 Å². The fraction of sp³-hybridized carbons (Fsp3) is 0.350. The minimum atomic E-state index is 0.152. The number of benzene rings is 2. The van der Waals surface area contributed by atoms with Crippen LogP contribution in [0.15, 0.2) is 48.5 Å². The number of amides is 1. The van der Waals surface area contributed by atoms with Crippen molar-refractivity contribution < 1.29 is 9.53 Å². The Morgan fingerprint density at radius 3 is 2.75 bits per heavy atom. The van der Waals surface area contributed by atoms with E-state index in [2.05, 4.69) is 17.0 Å². The SMILES string of the molecule is COc1ccc2c(c1)CCCN2C(=O)CN(C)Cc1ccccc1. The molecule has 126 valence electrons. The summed E-state index contributed by atoms with van der Waals surface area (Å²) in [6.07, 6.45) is 1.99. The Morgan fingerprint density at radius 1 is 1.21 bits per heavy atom. The van der Waals surface area contributed by atoms with Gasteiger partial charge in [-0.3, -0.25) is 9.69 Å². The van der Waals surface area contributed by atoms with E-state index >= 15 is 0 Å². The molecule has 0 aliphatic carbocycles. The van der Waals surface area contributed by atoms with E-state index in [-0.39, 0.29) is 5.91 Å². The molecule has 4 heteroatoms. The highest BCUT2D eigenvalue weighted by Crippen LogP contribution is 2.30. The first-order valence-electron chi connectivity index (χ1n) is 8.37. The number of aryl methyl sites for hydroxylation is 1. The number of likely N-dealkylation sites (N-methyl/N-ethyl adjacent to an activating group) is 1. The fourth-order valence-corrected chi connectivity index (χ4v) is 3.23. The number of hydrogen-bond acceptors (Lipinski definition) is 3. The first kappa shape index (κ1) is 16.5. The molecule has 0 saturated carbocycles. The maximum absolute atomic E-state index is 12.8. The molecule has 0 atom stereocenters. The quantitative estimate of drug-likeness (QED) is 0.847. The van der Waals surface area contributed by atoms with Gasteiger partial charge >= 0.3 is 0 Å². The van der Waals surface area contributed by atoms with E-state index in [9.17, 15) is 4.79 Å². The second kappa shape index (κ2) is 7.49. The number of carbonyl (C=O) groups is 1. The van der Waals surface area contributed by atoms with Gasteiger partial charge in [0, 0.05) is 18.8 Å². The van der Waals surface area contributed by atoms with Gasteiger partial charge in [0.15, 0.2) is 0 Å². The van der Waals surface area contributed by atoms with Crippen LogP contribution < -0.4 is 9.64 Å². The molecule has 2 aromatic carbocycles. The van der Waals surface area contributed by atoms with Gasteiger partial charge in [0.1, 0.15) is 5.75 Å². The molecule has 0 saturated heterocycles. The number of methoxy groups -OCH3 is 1. The van der Waals surface area contributed by atoms with E-state index in [1.54, 1.807) is 7.11 Å². The summed E-state index contributed by atoms with van der Waals surface area (Å²) >= 11 is 0. The third-order valence-electron chi connectivity index (χ3n) is 4.41. The molecule has 1 heterocycles. The van der Waals surface area contributed by atoms with Gasteiger partial charge in [0.05, 0.1) is 13.7 Å². The number of carbonyl (C=O) groups excluding carboxylic acids is 1. The Morgan fingerprint density at radius 2 is 2.00 bits per heavy atom. The minimum Gasteiger partial charge on any atom is -0.497 e. The Balaban J connectivity index is 1.68. The van der Waals surface area contributed by atoms with Crippen LogP contribution in [0.4, 0.5) is 5.69 Å². The van der Waals surface area contributed by atoms with Gasteiger partial charge in [-0.05, 0) is 49.2 Å². The molecule has 0 spiro atoms. The van der Waals surface area contributed by atoms with Crippen molar-refractivity contribution in [3.8, 4) is 5.75 Å². The molecular weight excluding hydrogens is 300 g/mol. The molecule has 4 nitrogen and oxygen atoms in total. The number of rotatable bonds is 5. The van der Waals surface area contributed by atoms with Crippen molar-refractivity contribution >= 4 is 11.6 Å². The van der Waals surface area contributed by atoms with Crippen molar-refractivity contribution in [2.24, 2.45) is 0 Å². The average molecular weight is 324 g/mol. The van der Waals surface area contributed by atoms with E-state index in [0.29, 0.717) is 6.54 Å². The van der Waals surface area contributed by atoms with E-state index in [0.717, 1.165) is 37.4 Å². The second-order valence-electron chi connectivity index (χ2n) is 6.30. The number of ether oxygens (including phenoxy) is 1. The van der Waals surface area contributed by atoms with Crippen LogP contribution in [-0.4, -0.2) is 38.1 Å². The molecule has 1 amide bonds. The van der Waals surface area contributed by atoms with E-state index in [4.69, 9.17) is 4.74 Å². The first-order chi connectivity index (χ1) is 11.7. The smallest absolute Gasteiger partial charge is 0.241 e. The topological polar surface area (TPSA) is 32.8 Å². The normalized spacial score (nSPS) is 13.7. The summed E-state index contributed by atoms with van der Waals surface area (Å²) in [7, 11) is 3.66. The van der Waals surface area contributed by atoms with Crippen molar-refractivity contribution in [3.63, 3.8) is 0 Å². The summed E-state index contributed by atoms with van der Waals surface area (Å²) in [5.74, 6) is 1.00. The predicted molar refractivity (Wildman–Crippen MR) is 96.4 cm³/mol. The fourth-order valence-electron chi connectivity index (χ4n) is 3.23. The van der Waals surface area contributed by atoms with Crippen LogP contribution in [0.25, 0.3) is 0 Å². The zero-order valence-corrected chi connectivity index (χ0v) is 14.4. The number of anilines is 1. The molecule has 0 bridgehead atoms. The Kier molecular flexibility index (Phi) is 5.16. The van der Waals surface area contributed by atoms with Crippen LogP contribution in [0.3, 0.4) is 0 Å². The molecule has 0 radical (unpaired) electrons. The summed E-state index contributed by atoms with van der Waals surface area (Å²) in [5, 5.41) is 0. The molecule has 0 unspecified atom stereocenters. The third-order valence-corrected chi connectivity index (χ3v) is 4.41. The molecule has 2 aromatic rings. The van der Waals surface area contributed by atoms with Crippen LogP contribution >= 0.6 is 0 Å². The van der Waals surface area contributed by atoms with Crippen LogP contribution in [0.2, 0.25) is 0 Å². The lowest BCUT2D eigenvalue weighted by atomic mass is 10.0. The van der Waals surface area contributed by atoms with Gasteiger partial charge < -0.3 is 9.64 Å². The van der Waals surface area contributed by atoms with Crippen molar-refractivity contribution in [2.45, 2.75) is 19.4 Å². The molecule has 24 heavy (non-hydrogen) atoms. The van der Waals surface area contributed by atoms with Gasteiger partial charge in [-0.15, -0.1) is 0 Å². The highest BCUT2D eigenvalue weighted by atomic mass is 16.5. The first-order valence-corrected chi connectivity index (χ1v) is 8.37. The van der Waals surface area contributed by atoms with Crippen LogP contribution in [-0.2, 0) is 17.8 Å². The summed E-state index contributed by atoms with van der Waals surface area (Å²) in [6, 6.07) is 16.2. The monoisotopic (exact) mass is 324 g/mol. The molecule has 1 aliphatic rings. The number of nitrogens with zero attached hydrogens (tertiary/aromatic N) is 2. The summed E-state index contributed by atoms with van der Waals surface area (Å²) < 4.78 is 5.30. The summed E-state index contributed by atoms with van der Waals surface area (Å²) in [4.78, 5) is 16.8. The molecule has 0 fully saturated rings. The van der Waals surface area contributed by atoms with Crippen molar-refractivity contribution in [3.05, 3.63) is 59.7 Å². The van der Waals surface area contributed by atoms with Gasteiger partial charge in [0.2, 0.25) is 5.91 Å². The predicted octanol–water partition coefficient (Wildman–Crippen LogP) is 3.11. The molecule has 3 rings (SSSR count). The molecule has 0 N–H and O–H groups in total. The molecule has 1 aliphatic heterocycles. The zero-order valence-electron chi connectivity index (χ0n) is 14.4. The van der Waals surface area contributed by atoms with Crippen LogP contribution in [0, 0.1) is 0 Å². The highest BCUT2D eigenvalue weighted by molar-refractivity contribution is 5.96. The van der Waals surface area contributed by atoms with E-state index in [1.807, 2.05) is 48.3 Å². The minimum absolute atomic E-state index is 0.152. The zero-order chi connectivity index (χ0) is 16.9. The van der Waals surface area contributed by atoms with Crippen LogP contribution in [0.1, 0.15) is 17.5 Å². The van der Waals surface area contributed by atoms with Gasteiger partial charge in [0.25, 0.3) is 0 Å². The lowest BCUT2D eigenvalue weighted by molar-refractivity contribution is -0.119. The Labute approximate surface area is 143 Å². The third kappa shape index (κ3) is 3.77. The second-order valence-corrected chi connectivity index (χ2v) is 6.30. The Hall–Kier alpha value is -2.33. The van der Waals surface area contributed by atoms with Crippen molar-refractivity contribution in [1.82, 2.24) is 4.90 Å². The average Bonchev–Trinajstić information content (AvgIpc) is 2.61. The maximum atomic E-state index is 12.8. The van der Waals surface area contributed by atoms with Gasteiger partial charge in [-0.25, -0.2) is 0 Å². The maximum Gasteiger partial charge on any atom is 0.241 e. The highest BCUT2D eigenvalue weighted by Gasteiger charge is 2.23. The summed E-state index contributed by atoms with van der Waals surface area (Å²) in [5.41, 5.74) is 3.44. The number of hydrogen-bond donors (Lipinski definition) is 0. The standard InChI is InChI=1S/C20H24N2O2/c1-21(14-16-7-4-3-5-8-16)15-20(23)22-12-6-9-17-13-18(24-2)10-11-19(17)22/h3-5,7-8,10-11,13H,6,9,12,14-15H2,1-2H3. The van der Waals surface area contributed by atoms with E-state index < -0.39 is 0 Å². The largest absolute Gasteiger partial charge is 0.497 e. The van der Waals surface area contributed by atoms with Gasteiger partial charge in [-0.2, -0.15) is 0 Å². The lowest BCUT2D eigenvalue weighted by Gasteiger charge is -2.31.